The minimum absolute atomic E-state index is 0.159. The summed E-state index contributed by atoms with van der Waals surface area (Å²) >= 11 is 0. The molecule has 4 nitrogen and oxygen atoms in total. The van der Waals surface area contributed by atoms with Crippen LogP contribution in [0.1, 0.15) is 37.7 Å². The van der Waals surface area contributed by atoms with Gasteiger partial charge in [-0.3, -0.25) is 0 Å². The summed E-state index contributed by atoms with van der Waals surface area (Å²) in [5, 5.41) is 13.7. The fourth-order valence-corrected chi connectivity index (χ4v) is 3.05. The third-order valence-electron chi connectivity index (χ3n) is 4.24. The number of nitriles is 1. The Hall–Kier alpha value is -2.12. The minimum atomic E-state index is 0.159. The van der Waals surface area contributed by atoms with Gasteiger partial charge in [0.2, 0.25) is 0 Å². The Balaban J connectivity index is 1.91. The van der Waals surface area contributed by atoms with Crippen molar-refractivity contribution in [2.45, 2.75) is 44.2 Å². The minimum Gasteiger partial charge on any atom is -0.366 e. The Kier molecular flexibility index (Phi) is 4.03. The molecule has 1 aliphatic carbocycles. The summed E-state index contributed by atoms with van der Waals surface area (Å²) in [6, 6.07) is 12.2. The van der Waals surface area contributed by atoms with E-state index in [4.69, 9.17) is 5.73 Å². The van der Waals surface area contributed by atoms with Crippen LogP contribution in [0.5, 0.6) is 0 Å². The first kappa shape index (κ1) is 13.8. The van der Waals surface area contributed by atoms with Gasteiger partial charge in [0.05, 0.1) is 17.1 Å². The molecule has 4 heteroatoms. The van der Waals surface area contributed by atoms with Crippen molar-refractivity contribution in [2.24, 2.45) is 5.73 Å². The fourth-order valence-electron chi connectivity index (χ4n) is 3.05. The Morgan fingerprint density at radius 3 is 2.86 bits per heavy atom. The van der Waals surface area contributed by atoms with E-state index < -0.39 is 0 Å². The highest BCUT2D eigenvalue weighted by atomic mass is 15.0. The van der Waals surface area contributed by atoms with E-state index in [1.807, 2.05) is 30.3 Å². The van der Waals surface area contributed by atoms with E-state index in [0.29, 0.717) is 5.56 Å². The molecule has 21 heavy (non-hydrogen) atoms. The molecule has 1 heterocycles. The zero-order valence-electron chi connectivity index (χ0n) is 12.0. The van der Waals surface area contributed by atoms with Gasteiger partial charge in [0, 0.05) is 17.5 Å². The van der Waals surface area contributed by atoms with Gasteiger partial charge < -0.3 is 11.1 Å². The quantitative estimate of drug-likeness (QED) is 0.828. The van der Waals surface area contributed by atoms with Gasteiger partial charge in [-0.25, -0.2) is 4.98 Å². The van der Waals surface area contributed by atoms with E-state index in [2.05, 4.69) is 16.4 Å². The van der Waals surface area contributed by atoms with Crippen molar-refractivity contribution in [1.82, 2.24) is 4.98 Å². The molecule has 2 atom stereocenters. The highest BCUT2D eigenvalue weighted by Gasteiger charge is 2.20. The number of nitrogens with two attached hydrogens (primary N) is 1. The summed E-state index contributed by atoms with van der Waals surface area (Å²) in [5.74, 6) is 0.757. The van der Waals surface area contributed by atoms with Gasteiger partial charge >= 0.3 is 0 Å². The maximum atomic E-state index is 9.33. The fraction of sp³-hybridized carbons (Fsp3) is 0.412. The maximum Gasteiger partial charge on any atom is 0.128 e. The Labute approximate surface area is 125 Å². The van der Waals surface area contributed by atoms with Crippen LogP contribution in [0, 0.1) is 11.3 Å². The van der Waals surface area contributed by atoms with Crippen LogP contribution in [0.2, 0.25) is 0 Å². The number of hydrogen-bond donors (Lipinski definition) is 2. The van der Waals surface area contributed by atoms with E-state index in [9.17, 15) is 5.26 Å². The lowest BCUT2D eigenvalue weighted by molar-refractivity contribution is 0.527. The van der Waals surface area contributed by atoms with Crippen LogP contribution in [0.3, 0.4) is 0 Å². The topological polar surface area (TPSA) is 74.7 Å². The van der Waals surface area contributed by atoms with Crippen LogP contribution < -0.4 is 11.1 Å². The second-order valence-corrected chi connectivity index (χ2v) is 5.74. The van der Waals surface area contributed by atoms with Gasteiger partial charge in [0.15, 0.2) is 0 Å². The molecular weight excluding hydrogens is 260 g/mol. The van der Waals surface area contributed by atoms with Gasteiger partial charge in [-0.05, 0) is 25.0 Å². The van der Waals surface area contributed by atoms with E-state index >= 15 is 0 Å². The number of anilines is 1. The van der Waals surface area contributed by atoms with Crippen LogP contribution in [0.4, 0.5) is 5.82 Å². The van der Waals surface area contributed by atoms with Crippen molar-refractivity contribution < 1.29 is 0 Å². The molecule has 3 N–H and O–H groups in total. The van der Waals surface area contributed by atoms with Crippen molar-refractivity contribution in [2.75, 3.05) is 5.32 Å². The largest absolute Gasteiger partial charge is 0.366 e. The number of para-hydroxylation sites is 1. The summed E-state index contributed by atoms with van der Waals surface area (Å²) in [4.78, 5) is 4.63. The number of nitrogens with one attached hydrogen (secondary N) is 1. The molecule has 1 saturated carbocycles. The van der Waals surface area contributed by atoms with Crippen molar-refractivity contribution in [3.8, 4) is 6.07 Å². The molecule has 0 saturated heterocycles. The normalized spacial score (nSPS) is 22.5. The highest BCUT2D eigenvalue weighted by Crippen LogP contribution is 2.23. The summed E-state index contributed by atoms with van der Waals surface area (Å²) in [6.07, 6.45) is 5.77. The van der Waals surface area contributed by atoms with Gasteiger partial charge in [-0.15, -0.1) is 0 Å². The molecule has 1 fully saturated rings. The molecule has 0 aliphatic heterocycles. The summed E-state index contributed by atoms with van der Waals surface area (Å²) < 4.78 is 0. The van der Waals surface area contributed by atoms with Crippen LogP contribution in [0.15, 0.2) is 30.3 Å². The number of hydrogen-bond acceptors (Lipinski definition) is 4. The standard InChI is InChI=1S/C17H20N4/c18-11-12-10-17(20-15-8-5-4-6-13(12)15)21-16-9-3-1-2-7-14(16)19/h4-6,8,10,14,16H,1-3,7,9,19H2,(H,20,21). The molecule has 108 valence electrons. The van der Waals surface area contributed by atoms with Crippen molar-refractivity contribution in [3.63, 3.8) is 0 Å². The Morgan fingerprint density at radius 2 is 2.00 bits per heavy atom. The first-order valence-electron chi connectivity index (χ1n) is 7.60. The van der Waals surface area contributed by atoms with E-state index in [1.54, 1.807) is 0 Å². The first-order valence-corrected chi connectivity index (χ1v) is 7.60. The SMILES string of the molecule is N#Cc1cc(NC2CCCCCC2N)nc2ccccc12. The van der Waals surface area contributed by atoms with Crippen LogP contribution in [-0.4, -0.2) is 17.1 Å². The monoisotopic (exact) mass is 280 g/mol. The molecule has 1 aliphatic rings. The third-order valence-corrected chi connectivity index (χ3v) is 4.24. The Morgan fingerprint density at radius 1 is 1.19 bits per heavy atom. The molecular formula is C17H20N4. The zero-order chi connectivity index (χ0) is 14.7. The van der Waals surface area contributed by atoms with Gasteiger partial charge in [0.1, 0.15) is 5.82 Å². The smallest absolute Gasteiger partial charge is 0.128 e. The lowest BCUT2D eigenvalue weighted by Gasteiger charge is -2.23. The molecule has 2 unspecified atom stereocenters. The van der Waals surface area contributed by atoms with E-state index in [-0.39, 0.29) is 12.1 Å². The Bertz CT molecular complexity index is 674. The van der Waals surface area contributed by atoms with Crippen LogP contribution >= 0.6 is 0 Å². The summed E-state index contributed by atoms with van der Waals surface area (Å²) in [7, 11) is 0. The third kappa shape index (κ3) is 2.98. The average Bonchev–Trinajstić information content (AvgIpc) is 2.71. The molecule has 0 bridgehead atoms. The van der Waals surface area contributed by atoms with Gasteiger partial charge in [0.25, 0.3) is 0 Å². The maximum absolute atomic E-state index is 9.33. The summed E-state index contributed by atoms with van der Waals surface area (Å²) in [6.45, 7) is 0. The van der Waals surface area contributed by atoms with Crippen molar-refractivity contribution in [1.29, 1.82) is 5.26 Å². The first-order chi connectivity index (χ1) is 10.3. The molecule has 0 spiro atoms. The number of benzene rings is 1. The number of aromatic nitrogens is 1. The van der Waals surface area contributed by atoms with Gasteiger partial charge in [-0.2, -0.15) is 5.26 Å². The molecule has 0 radical (unpaired) electrons. The number of rotatable bonds is 2. The number of fused-ring (bicyclic) bond motifs is 1. The second-order valence-electron chi connectivity index (χ2n) is 5.74. The molecule has 2 aromatic rings. The highest BCUT2D eigenvalue weighted by molar-refractivity contribution is 5.86. The predicted octanol–water partition coefficient (Wildman–Crippen LogP) is 3.18. The van der Waals surface area contributed by atoms with Crippen LogP contribution in [0.25, 0.3) is 10.9 Å². The lowest BCUT2D eigenvalue weighted by atomic mass is 10.0. The summed E-state index contributed by atoms with van der Waals surface area (Å²) in [5.41, 5.74) is 7.76. The molecule has 1 aromatic heterocycles. The molecule has 0 amide bonds. The second kappa shape index (κ2) is 6.11. The van der Waals surface area contributed by atoms with Crippen molar-refractivity contribution in [3.05, 3.63) is 35.9 Å². The van der Waals surface area contributed by atoms with Crippen molar-refractivity contribution >= 4 is 16.7 Å². The zero-order valence-corrected chi connectivity index (χ0v) is 12.0. The van der Waals surface area contributed by atoms with Gasteiger partial charge in [-0.1, -0.05) is 37.5 Å². The van der Waals surface area contributed by atoms with E-state index in [1.165, 1.54) is 19.3 Å². The van der Waals surface area contributed by atoms with Crippen LogP contribution in [-0.2, 0) is 0 Å². The molecule has 3 rings (SSSR count). The molecule has 1 aromatic carbocycles. The number of nitrogens with zero attached hydrogens (tertiary/aromatic N) is 2. The predicted molar refractivity (Wildman–Crippen MR) is 84.9 cm³/mol. The lowest BCUT2D eigenvalue weighted by Crippen LogP contribution is -2.39. The average molecular weight is 280 g/mol. The van der Waals surface area contributed by atoms with E-state index in [0.717, 1.165) is 29.6 Å². The number of pyridine rings is 1.